The van der Waals surface area contributed by atoms with Crippen LogP contribution in [0.15, 0.2) is 40.7 Å². The maximum Gasteiger partial charge on any atom is 0.266 e. The number of thiazole rings is 1. The van der Waals surface area contributed by atoms with Crippen molar-refractivity contribution >= 4 is 62.7 Å². The lowest BCUT2D eigenvalue weighted by molar-refractivity contribution is -0.122. The van der Waals surface area contributed by atoms with Gasteiger partial charge in [-0.15, -0.1) is 11.3 Å². The quantitative estimate of drug-likeness (QED) is 0.587. The van der Waals surface area contributed by atoms with E-state index in [0.717, 1.165) is 5.56 Å². The summed E-state index contributed by atoms with van der Waals surface area (Å²) >= 11 is 7.86. The average Bonchev–Trinajstić information content (AvgIpc) is 3.22. The van der Waals surface area contributed by atoms with E-state index >= 15 is 0 Å². The van der Waals surface area contributed by atoms with Gasteiger partial charge in [-0.1, -0.05) is 42.2 Å². The largest absolute Gasteiger partial charge is 0.496 e. The van der Waals surface area contributed by atoms with Gasteiger partial charge in [0.15, 0.2) is 5.13 Å². The molecule has 1 saturated heterocycles. The Labute approximate surface area is 164 Å². The molecule has 2 amide bonds. The summed E-state index contributed by atoms with van der Waals surface area (Å²) in [5.41, 5.74) is 0.803. The second-order valence-corrected chi connectivity index (χ2v) is 7.78. The number of carbonyl (C=O) groups excluding carboxylic acids is 2. The summed E-state index contributed by atoms with van der Waals surface area (Å²) in [6, 6.07) is 7.43. The first-order valence-electron chi connectivity index (χ1n) is 7.66. The first-order valence-corrected chi connectivity index (χ1v) is 9.76. The highest BCUT2D eigenvalue weighted by atomic mass is 32.2. The number of thioether (sulfide) groups is 1. The standard InChI is InChI=1S/C17H15N3O3S3/c1-23-12-5-3-2-4-11(12)10-13-15(22)20(17(24)26-13)8-6-14(21)19-16-18-7-9-25-16/h2-5,7,9-10H,6,8H2,1H3,(H,18,19,21). The van der Waals surface area contributed by atoms with Gasteiger partial charge in [-0.25, -0.2) is 4.98 Å². The minimum Gasteiger partial charge on any atom is -0.496 e. The van der Waals surface area contributed by atoms with Crippen molar-refractivity contribution in [2.24, 2.45) is 0 Å². The molecule has 26 heavy (non-hydrogen) atoms. The number of hydrogen-bond donors (Lipinski definition) is 1. The van der Waals surface area contributed by atoms with Crippen molar-refractivity contribution in [1.29, 1.82) is 0 Å². The molecule has 1 aliphatic heterocycles. The van der Waals surface area contributed by atoms with Gasteiger partial charge in [0.2, 0.25) is 5.91 Å². The molecule has 3 rings (SSSR count). The Balaban J connectivity index is 1.65. The normalized spacial score (nSPS) is 15.6. The molecule has 0 spiro atoms. The molecule has 2 aromatic rings. The van der Waals surface area contributed by atoms with Gasteiger partial charge in [0.1, 0.15) is 10.1 Å². The minimum atomic E-state index is -0.206. The number of para-hydroxylation sites is 1. The molecular formula is C17H15N3O3S3. The van der Waals surface area contributed by atoms with Crippen LogP contribution in [-0.4, -0.2) is 39.7 Å². The van der Waals surface area contributed by atoms with Crippen LogP contribution in [0, 0.1) is 0 Å². The van der Waals surface area contributed by atoms with E-state index in [0.29, 0.717) is 20.1 Å². The molecule has 1 aromatic heterocycles. The molecule has 134 valence electrons. The van der Waals surface area contributed by atoms with Crippen molar-refractivity contribution in [3.05, 3.63) is 46.3 Å². The molecule has 6 nitrogen and oxygen atoms in total. The summed E-state index contributed by atoms with van der Waals surface area (Å²) in [4.78, 5) is 30.5. The van der Waals surface area contributed by atoms with Gasteiger partial charge in [0, 0.05) is 30.1 Å². The second kappa shape index (κ2) is 8.43. The molecular weight excluding hydrogens is 390 g/mol. The van der Waals surface area contributed by atoms with Crippen LogP contribution < -0.4 is 10.1 Å². The number of anilines is 1. The van der Waals surface area contributed by atoms with E-state index in [2.05, 4.69) is 10.3 Å². The molecule has 0 saturated carbocycles. The van der Waals surface area contributed by atoms with Crippen LogP contribution in [-0.2, 0) is 9.59 Å². The molecule has 1 aromatic carbocycles. The number of nitrogens with zero attached hydrogens (tertiary/aromatic N) is 2. The van der Waals surface area contributed by atoms with E-state index < -0.39 is 0 Å². The minimum absolute atomic E-state index is 0.147. The summed E-state index contributed by atoms with van der Waals surface area (Å²) < 4.78 is 5.75. The number of ether oxygens (including phenoxy) is 1. The van der Waals surface area contributed by atoms with E-state index in [9.17, 15) is 9.59 Å². The highest BCUT2D eigenvalue weighted by Crippen LogP contribution is 2.34. The zero-order chi connectivity index (χ0) is 18.5. The van der Waals surface area contributed by atoms with Crippen molar-refractivity contribution in [3.8, 4) is 5.75 Å². The molecule has 0 aliphatic carbocycles. The third-order valence-electron chi connectivity index (χ3n) is 3.54. The Morgan fingerprint density at radius 2 is 2.23 bits per heavy atom. The molecule has 9 heteroatoms. The first-order chi connectivity index (χ1) is 12.6. The molecule has 1 aliphatic rings. The Morgan fingerprint density at radius 3 is 2.96 bits per heavy atom. The summed E-state index contributed by atoms with van der Waals surface area (Å²) in [5.74, 6) is 0.274. The average molecular weight is 406 g/mol. The Bertz CT molecular complexity index is 865. The van der Waals surface area contributed by atoms with Gasteiger partial charge in [-0.2, -0.15) is 0 Å². The fourth-order valence-corrected chi connectivity index (χ4v) is 4.14. The molecule has 1 N–H and O–H groups in total. The van der Waals surface area contributed by atoms with Crippen molar-refractivity contribution in [3.63, 3.8) is 0 Å². The Kier molecular flexibility index (Phi) is 6.02. The number of nitrogens with one attached hydrogen (secondary N) is 1. The fraction of sp³-hybridized carbons (Fsp3) is 0.176. The van der Waals surface area contributed by atoms with Crippen molar-refractivity contribution < 1.29 is 14.3 Å². The van der Waals surface area contributed by atoms with Crippen LogP contribution in [0.25, 0.3) is 6.08 Å². The van der Waals surface area contributed by atoms with Gasteiger partial charge >= 0.3 is 0 Å². The zero-order valence-corrected chi connectivity index (χ0v) is 16.2. The molecule has 0 bridgehead atoms. The number of methoxy groups -OCH3 is 1. The van der Waals surface area contributed by atoms with Crippen LogP contribution in [0.3, 0.4) is 0 Å². The maximum absolute atomic E-state index is 12.6. The summed E-state index contributed by atoms with van der Waals surface area (Å²) in [7, 11) is 1.58. The van der Waals surface area contributed by atoms with Gasteiger partial charge in [0.25, 0.3) is 5.91 Å². The second-order valence-electron chi connectivity index (χ2n) is 5.21. The number of carbonyl (C=O) groups is 2. The first kappa shape index (κ1) is 18.6. The lowest BCUT2D eigenvalue weighted by Crippen LogP contribution is -2.31. The SMILES string of the molecule is COc1ccccc1C=C1SC(=S)N(CCC(=O)Nc2nccs2)C1=O. The van der Waals surface area contributed by atoms with Crippen molar-refractivity contribution in [2.75, 3.05) is 19.0 Å². The summed E-state index contributed by atoms with van der Waals surface area (Å²) in [6.07, 6.45) is 3.52. The third kappa shape index (κ3) is 4.29. The van der Waals surface area contributed by atoms with Gasteiger partial charge in [0.05, 0.1) is 12.0 Å². The van der Waals surface area contributed by atoms with E-state index in [1.165, 1.54) is 28.0 Å². The smallest absolute Gasteiger partial charge is 0.266 e. The topological polar surface area (TPSA) is 71.5 Å². The van der Waals surface area contributed by atoms with Crippen LogP contribution >= 0.6 is 35.3 Å². The summed E-state index contributed by atoms with van der Waals surface area (Å²) in [5, 5.41) is 5.01. The molecule has 0 radical (unpaired) electrons. The number of benzene rings is 1. The highest BCUT2D eigenvalue weighted by Gasteiger charge is 2.32. The van der Waals surface area contributed by atoms with Crippen molar-refractivity contribution in [2.45, 2.75) is 6.42 Å². The number of aromatic nitrogens is 1. The predicted molar refractivity (Wildman–Crippen MR) is 108 cm³/mol. The lowest BCUT2D eigenvalue weighted by Gasteiger charge is -2.13. The van der Waals surface area contributed by atoms with Crippen LogP contribution in [0.4, 0.5) is 5.13 Å². The van der Waals surface area contributed by atoms with Gasteiger partial charge in [-0.05, 0) is 12.1 Å². The molecule has 0 atom stereocenters. The Hall–Kier alpha value is -2.23. The van der Waals surface area contributed by atoms with E-state index in [1.54, 1.807) is 24.8 Å². The van der Waals surface area contributed by atoms with Crippen LogP contribution in [0.1, 0.15) is 12.0 Å². The van der Waals surface area contributed by atoms with E-state index in [4.69, 9.17) is 17.0 Å². The Morgan fingerprint density at radius 1 is 1.42 bits per heavy atom. The highest BCUT2D eigenvalue weighted by molar-refractivity contribution is 8.26. The van der Waals surface area contributed by atoms with E-state index in [-0.39, 0.29) is 24.8 Å². The molecule has 0 unspecified atom stereocenters. The van der Waals surface area contributed by atoms with Crippen molar-refractivity contribution in [1.82, 2.24) is 9.88 Å². The molecule has 1 fully saturated rings. The predicted octanol–water partition coefficient (Wildman–Crippen LogP) is 3.38. The fourth-order valence-electron chi connectivity index (χ4n) is 2.30. The lowest BCUT2D eigenvalue weighted by atomic mass is 10.2. The van der Waals surface area contributed by atoms with Gasteiger partial charge in [-0.3, -0.25) is 14.5 Å². The number of thiocarbonyl (C=S) groups is 1. The van der Waals surface area contributed by atoms with Crippen LogP contribution in [0.2, 0.25) is 0 Å². The molecule has 2 heterocycles. The van der Waals surface area contributed by atoms with E-state index in [1.807, 2.05) is 24.3 Å². The summed E-state index contributed by atoms with van der Waals surface area (Å²) in [6.45, 7) is 0.227. The number of hydrogen-bond acceptors (Lipinski definition) is 7. The number of rotatable bonds is 6. The third-order valence-corrected chi connectivity index (χ3v) is 5.61. The maximum atomic E-state index is 12.6. The van der Waals surface area contributed by atoms with Crippen LogP contribution in [0.5, 0.6) is 5.75 Å². The number of amides is 2. The zero-order valence-electron chi connectivity index (χ0n) is 13.8. The monoisotopic (exact) mass is 405 g/mol. The van der Waals surface area contributed by atoms with Gasteiger partial charge < -0.3 is 10.1 Å².